The molecule has 0 bridgehead atoms. The summed E-state index contributed by atoms with van der Waals surface area (Å²) in [5.74, 6) is 0.159. The van der Waals surface area contributed by atoms with Gasteiger partial charge in [0.25, 0.3) is 5.91 Å². The van der Waals surface area contributed by atoms with Crippen LogP contribution in [0.4, 0.5) is 0 Å². The molecule has 1 fully saturated rings. The Labute approximate surface area is 117 Å². The molecule has 5 nitrogen and oxygen atoms in total. The van der Waals surface area contributed by atoms with Crippen molar-refractivity contribution in [2.75, 3.05) is 18.6 Å². The zero-order chi connectivity index (χ0) is 14.3. The molecule has 20 heavy (non-hydrogen) atoms. The monoisotopic (exact) mass is 293 g/mol. The van der Waals surface area contributed by atoms with E-state index in [0.29, 0.717) is 12.0 Å². The lowest BCUT2D eigenvalue weighted by molar-refractivity contribution is 0.0718. The minimum atomic E-state index is -3.01. The molecule has 1 aliphatic heterocycles. The molecular formula is C14H15NO4S. The topological polar surface area (TPSA) is 67.6 Å². The maximum atomic E-state index is 12.3. The van der Waals surface area contributed by atoms with E-state index in [-0.39, 0.29) is 29.2 Å². The second kappa shape index (κ2) is 4.63. The molecule has 0 N–H and O–H groups in total. The number of amides is 1. The van der Waals surface area contributed by atoms with Crippen LogP contribution in [0.1, 0.15) is 17.0 Å². The van der Waals surface area contributed by atoms with Crippen molar-refractivity contribution in [2.24, 2.45) is 0 Å². The highest BCUT2D eigenvalue weighted by Gasteiger charge is 2.33. The quantitative estimate of drug-likeness (QED) is 0.845. The Kier molecular flexibility index (Phi) is 3.05. The SMILES string of the molecule is CN(C(=O)c1cc2ccccc2o1)C1CCS(=O)(=O)C1. The standard InChI is InChI=1S/C14H15NO4S/c1-15(11-6-7-20(17,18)9-11)14(16)13-8-10-4-2-3-5-12(10)19-13/h2-5,8,11H,6-7,9H2,1H3. The van der Waals surface area contributed by atoms with Crippen LogP contribution in [0.15, 0.2) is 34.7 Å². The number of hydrogen-bond donors (Lipinski definition) is 0. The van der Waals surface area contributed by atoms with Crippen LogP contribution >= 0.6 is 0 Å². The summed E-state index contributed by atoms with van der Waals surface area (Å²) in [5, 5.41) is 0.864. The van der Waals surface area contributed by atoms with E-state index in [2.05, 4.69) is 0 Å². The molecule has 2 aromatic rings. The third-order valence-corrected chi connectivity index (χ3v) is 5.46. The smallest absolute Gasteiger partial charge is 0.289 e. The molecule has 1 unspecified atom stereocenters. The number of rotatable bonds is 2. The maximum absolute atomic E-state index is 12.3. The van der Waals surface area contributed by atoms with Crippen LogP contribution in [-0.4, -0.2) is 43.8 Å². The predicted molar refractivity (Wildman–Crippen MR) is 75.4 cm³/mol. The van der Waals surface area contributed by atoms with E-state index in [1.165, 1.54) is 4.90 Å². The van der Waals surface area contributed by atoms with Gasteiger partial charge >= 0.3 is 0 Å². The van der Waals surface area contributed by atoms with Crippen LogP contribution in [0, 0.1) is 0 Å². The van der Waals surface area contributed by atoms with Gasteiger partial charge in [-0.3, -0.25) is 4.79 Å². The lowest BCUT2D eigenvalue weighted by atomic mass is 10.2. The van der Waals surface area contributed by atoms with Gasteiger partial charge in [-0.05, 0) is 18.6 Å². The lowest BCUT2D eigenvalue weighted by Crippen LogP contribution is -2.37. The first-order valence-corrected chi connectivity index (χ1v) is 8.24. The molecule has 2 heterocycles. The zero-order valence-corrected chi connectivity index (χ0v) is 11.9. The van der Waals surface area contributed by atoms with Gasteiger partial charge in [0, 0.05) is 18.5 Å². The zero-order valence-electron chi connectivity index (χ0n) is 11.1. The maximum Gasteiger partial charge on any atom is 0.289 e. The normalized spacial score (nSPS) is 21.1. The van der Waals surface area contributed by atoms with Gasteiger partial charge in [0.2, 0.25) is 0 Å². The van der Waals surface area contributed by atoms with E-state index < -0.39 is 9.84 Å². The number of hydrogen-bond acceptors (Lipinski definition) is 4. The molecule has 1 saturated heterocycles. The Morgan fingerprint density at radius 2 is 2.10 bits per heavy atom. The molecular weight excluding hydrogens is 278 g/mol. The number of furan rings is 1. The summed E-state index contributed by atoms with van der Waals surface area (Å²) in [6.45, 7) is 0. The summed E-state index contributed by atoms with van der Waals surface area (Å²) in [6, 6.07) is 8.81. The molecule has 1 aromatic carbocycles. The highest BCUT2D eigenvalue weighted by atomic mass is 32.2. The fraction of sp³-hybridized carbons (Fsp3) is 0.357. The number of nitrogens with zero attached hydrogens (tertiary/aromatic N) is 1. The van der Waals surface area contributed by atoms with E-state index in [9.17, 15) is 13.2 Å². The first kappa shape index (κ1) is 13.2. The van der Waals surface area contributed by atoms with Crippen LogP contribution < -0.4 is 0 Å². The molecule has 0 spiro atoms. The van der Waals surface area contributed by atoms with Crippen LogP contribution in [0.5, 0.6) is 0 Å². The number of fused-ring (bicyclic) bond motifs is 1. The van der Waals surface area contributed by atoms with Crippen molar-refractivity contribution < 1.29 is 17.6 Å². The van der Waals surface area contributed by atoms with Crippen molar-refractivity contribution in [2.45, 2.75) is 12.5 Å². The fourth-order valence-corrected chi connectivity index (χ4v) is 4.28. The molecule has 0 saturated carbocycles. The molecule has 6 heteroatoms. The van der Waals surface area contributed by atoms with Crippen LogP contribution in [-0.2, 0) is 9.84 Å². The second-order valence-corrected chi connectivity index (χ2v) is 7.35. The molecule has 3 rings (SSSR count). The van der Waals surface area contributed by atoms with Crippen molar-refractivity contribution in [1.29, 1.82) is 0 Å². The highest BCUT2D eigenvalue weighted by molar-refractivity contribution is 7.91. The number of sulfone groups is 1. The van der Waals surface area contributed by atoms with E-state index in [0.717, 1.165) is 5.39 Å². The second-order valence-electron chi connectivity index (χ2n) is 5.12. The third kappa shape index (κ3) is 2.31. The van der Waals surface area contributed by atoms with E-state index >= 15 is 0 Å². The third-order valence-electron chi connectivity index (χ3n) is 3.71. The predicted octanol–water partition coefficient (Wildman–Crippen LogP) is 1.69. The first-order chi connectivity index (χ1) is 9.46. The van der Waals surface area contributed by atoms with Gasteiger partial charge in [-0.15, -0.1) is 0 Å². The number of carbonyl (C=O) groups excluding carboxylic acids is 1. The highest BCUT2D eigenvalue weighted by Crippen LogP contribution is 2.22. The molecule has 1 aromatic heterocycles. The van der Waals surface area contributed by atoms with Crippen molar-refractivity contribution in [3.8, 4) is 0 Å². The molecule has 1 aliphatic rings. The van der Waals surface area contributed by atoms with Gasteiger partial charge in [-0.2, -0.15) is 0 Å². The summed E-state index contributed by atoms with van der Waals surface area (Å²) >= 11 is 0. The molecule has 1 atom stereocenters. The van der Waals surface area contributed by atoms with Gasteiger partial charge < -0.3 is 9.32 Å². The van der Waals surface area contributed by atoms with E-state index in [1.807, 2.05) is 18.2 Å². The average molecular weight is 293 g/mol. The van der Waals surface area contributed by atoms with Gasteiger partial charge in [0.1, 0.15) is 5.58 Å². The van der Waals surface area contributed by atoms with Gasteiger partial charge in [0.15, 0.2) is 15.6 Å². The average Bonchev–Trinajstić information content (AvgIpc) is 3.00. The first-order valence-electron chi connectivity index (χ1n) is 6.42. The summed E-state index contributed by atoms with van der Waals surface area (Å²) in [5.41, 5.74) is 0.656. The van der Waals surface area contributed by atoms with Crippen molar-refractivity contribution in [1.82, 2.24) is 4.90 Å². The number of para-hydroxylation sites is 1. The summed E-state index contributed by atoms with van der Waals surface area (Å²) < 4.78 is 28.5. The number of carbonyl (C=O) groups is 1. The largest absolute Gasteiger partial charge is 0.451 e. The Hall–Kier alpha value is -1.82. The molecule has 0 aliphatic carbocycles. The Bertz CT molecular complexity index is 729. The number of benzene rings is 1. The van der Waals surface area contributed by atoms with Gasteiger partial charge in [-0.25, -0.2) is 8.42 Å². The van der Waals surface area contributed by atoms with Crippen molar-refractivity contribution >= 4 is 26.7 Å². The summed E-state index contributed by atoms with van der Waals surface area (Å²) in [7, 11) is -1.38. The Morgan fingerprint density at radius 1 is 1.35 bits per heavy atom. The minimum Gasteiger partial charge on any atom is -0.451 e. The van der Waals surface area contributed by atoms with Crippen molar-refractivity contribution in [3.63, 3.8) is 0 Å². The fourth-order valence-electron chi connectivity index (χ4n) is 2.51. The van der Waals surface area contributed by atoms with E-state index in [4.69, 9.17) is 4.42 Å². The van der Waals surface area contributed by atoms with Crippen molar-refractivity contribution in [3.05, 3.63) is 36.1 Å². The Morgan fingerprint density at radius 3 is 2.75 bits per heavy atom. The van der Waals surface area contributed by atoms with Gasteiger partial charge in [-0.1, -0.05) is 18.2 Å². The van der Waals surface area contributed by atoms with E-state index in [1.54, 1.807) is 19.2 Å². The van der Waals surface area contributed by atoms with Crippen LogP contribution in [0.3, 0.4) is 0 Å². The Balaban J connectivity index is 1.85. The molecule has 0 radical (unpaired) electrons. The summed E-state index contributed by atoms with van der Waals surface area (Å²) in [4.78, 5) is 13.8. The summed E-state index contributed by atoms with van der Waals surface area (Å²) in [6.07, 6.45) is 0.491. The lowest BCUT2D eigenvalue weighted by Gasteiger charge is -2.22. The van der Waals surface area contributed by atoms with Crippen LogP contribution in [0.2, 0.25) is 0 Å². The molecule has 1 amide bonds. The van der Waals surface area contributed by atoms with Crippen LogP contribution in [0.25, 0.3) is 11.0 Å². The molecule has 106 valence electrons. The van der Waals surface area contributed by atoms with Gasteiger partial charge in [0.05, 0.1) is 11.5 Å². The minimum absolute atomic E-state index is 0.0372.